The maximum atomic E-state index is 13.0. The van der Waals surface area contributed by atoms with Gasteiger partial charge in [-0.3, -0.25) is 10.0 Å². The van der Waals surface area contributed by atoms with Gasteiger partial charge in [-0.1, -0.05) is 24.3 Å². The minimum Gasteiger partial charge on any atom is -0.449 e. The molecule has 184 valence electrons. The third-order valence-corrected chi connectivity index (χ3v) is 9.30. The van der Waals surface area contributed by atoms with E-state index < -0.39 is 26.5 Å². The normalized spacial score (nSPS) is 18.6. The number of ether oxygens (including phenoxy) is 2. The topological polar surface area (TPSA) is 105 Å². The van der Waals surface area contributed by atoms with E-state index in [0.29, 0.717) is 25.9 Å². The van der Waals surface area contributed by atoms with Crippen LogP contribution in [0.5, 0.6) is 11.5 Å². The fourth-order valence-electron chi connectivity index (χ4n) is 4.66. The van der Waals surface area contributed by atoms with Crippen molar-refractivity contribution in [3.63, 3.8) is 0 Å². The standard InChI is InChI=1S/C25H32N2O6S/c1-16-14-18(6-8-20(16)19-7-9-21-22(15-19)33-25(4,5)32-21)17-10-12-27(13-11-17)34(30,31)24(2,3)23(28)26-29/h6-9,14-15,17,29H,10-13H2,1-5H3,(H,26,28). The van der Waals surface area contributed by atoms with E-state index in [1.54, 1.807) is 0 Å². The van der Waals surface area contributed by atoms with Gasteiger partial charge in [-0.25, -0.2) is 18.2 Å². The molecule has 2 aliphatic rings. The number of hydroxylamine groups is 1. The molecule has 2 heterocycles. The second kappa shape index (κ2) is 8.55. The first-order valence-electron chi connectivity index (χ1n) is 11.4. The van der Waals surface area contributed by atoms with E-state index in [0.717, 1.165) is 28.2 Å². The SMILES string of the molecule is Cc1cc(C2CCN(S(=O)(=O)C(C)(C)C(=O)NO)CC2)ccc1-c1ccc2c(c1)OC(C)(C)O2. The van der Waals surface area contributed by atoms with Gasteiger partial charge in [0.25, 0.3) is 5.91 Å². The van der Waals surface area contributed by atoms with Crippen molar-refractivity contribution in [2.24, 2.45) is 0 Å². The highest BCUT2D eigenvalue weighted by Gasteiger charge is 2.46. The Morgan fingerprint density at radius 3 is 2.35 bits per heavy atom. The largest absolute Gasteiger partial charge is 0.449 e. The Balaban J connectivity index is 1.48. The summed E-state index contributed by atoms with van der Waals surface area (Å²) in [5, 5.41) is 8.93. The van der Waals surface area contributed by atoms with Gasteiger partial charge in [-0.05, 0) is 73.9 Å². The summed E-state index contributed by atoms with van der Waals surface area (Å²) in [7, 11) is -3.90. The third-order valence-electron chi connectivity index (χ3n) is 6.78. The number of aryl methyl sites for hydroxylation is 1. The number of benzene rings is 2. The first kappa shape index (κ1) is 24.5. The fourth-order valence-corrected chi connectivity index (χ4v) is 6.28. The number of fused-ring (bicyclic) bond motifs is 1. The van der Waals surface area contributed by atoms with Gasteiger partial charge < -0.3 is 9.47 Å². The zero-order chi connectivity index (χ0) is 24.9. The first-order valence-corrected chi connectivity index (χ1v) is 12.9. The average Bonchev–Trinajstić information content (AvgIpc) is 3.11. The summed E-state index contributed by atoms with van der Waals surface area (Å²) in [6.07, 6.45) is 1.32. The lowest BCUT2D eigenvalue weighted by molar-refractivity contribution is -0.131. The lowest BCUT2D eigenvalue weighted by Gasteiger charge is -2.36. The van der Waals surface area contributed by atoms with Crippen LogP contribution in [0.25, 0.3) is 11.1 Å². The quantitative estimate of drug-likeness (QED) is 0.488. The Labute approximate surface area is 200 Å². The van der Waals surface area contributed by atoms with Gasteiger partial charge in [0.2, 0.25) is 15.8 Å². The van der Waals surface area contributed by atoms with Crippen LogP contribution in [0.1, 0.15) is 57.6 Å². The van der Waals surface area contributed by atoms with Crippen molar-refractivity contribution in [3.05, 3.63) is 47.5 Å². The number of piperidine rings is 1. The van der Waals surface area contributed by atoms with Crippen LogP contribution < -0.4 is 15.0 Å². The number of sulfonamides is 1. The van der Waals surface area contributed by atoms with Gasteiger partial charge in [-0.15, -0.1) is 0 Å². The first-order chi connectivity index (χ1) is 15.9. The van der Waals surface area contributed by atoms with Crippen LogP contribution >= 0.6 is 0 Å². The molecule has 0 aromatic heterocycles. The number of nitrogens with zero attached hydrogens (tertiary/aromatic N) is 1. The van der Waals surface area contributed by atoms with Crippen molar-refractivity contribution < 1.29 is 27.9 Å². The monoisotopic (exact) mass is 488 g/mol. The molecule has 0 atom stereocenters. The molecule has 2 aromatic carbocycles. The predicted octanol–water partition coefficient (Wildman–Crippen LogP) is 3.96. The van der Waals surface area contributed by atoms with Crippen LogP contribution in [0.2, 0.25) is 0 Å². The molecule has 1 amide bonds. The van der Waals surface area contributed by atoms with E-state index in [1.807, 2.05) is 32.0 Å². The number of rotatable bonds is 5. The van der Waals surface area contributed by atoms with E-state index in [2.05, 4.69) is 25.1 Å². The maximum absolute atomic E-state index is 13.0. The maximum Gasteiger partial charge on any atom is 0.265 e. The van der Waals surface area contributed by atoms with Gasteiger partial charge >= 0.3 is 0 Å². The summed E-state index contributed by atoms with van der Waals surface area (Å²) >= 11 is 0. The molecule has 8 nitrogen and oxygen atoms in total. The van der Waals surface area contributed by atoms with Crippen molar-refractivity contribution in [1.82, 2.24) is 9.79 Å². The second-order valence-electron chi connectivity index (χ2n) is 9.97. The van der Waals surface area contributed by atoms with Crippen LogP contribution in [0.3, 0.4) is 0 Å². The lowest BCUT2D eigenvalue weighted by Crippen LogP contribution is -2.54. The van der Waals surface area contributed by atoms with E-state index in [4.69, 9.17) is 14.7 Å². The van der Waals surface area contributed by atoms with E-state index in [-0.39, 0.29) is 5.92 Å². The Morgan fingerprint density at radius 1 is 1.09 bits per heavy atom. The molecule has 1 saturated heterocycles. The van der Waals surface area contributed by atoms with Crippen LogP contribution in [0, 0.1) is 6.92 Å². The lowest BCUT2D eigenvalue weighted by atomic mass is 9.87. The summed E-state index contributed by atoms with van der Waals surface area (Å²) in [5.41, 5.74) is 5.93. The van der Waals surface area contributed by atoms with Crippen molar-refractivity contribution in [3.8, 4) is 22.6 Å². The van der Waals surface area contributed by atoms with E-state index >= 15 is 0 Å². The minimum absolute atomic E-state index is 0.228. The molecule has 34 heavy (non-hydrogen) atoms. The average molecular weight is 489 g/mol. The molecule has 2 N–H and O–H groups in total. The molecule has 2 aromatic rings. The molecule has 4 rings (SSSR count). The fraction of sp³-hybridized carbons (Fsp3) is 0.480. The summed E-state index contributed by atoms with van der Waals surface area (Å²) < 4.78 is 37.2. The van der Waals surface area contributed by atoms with E-state index in [9.17, 15) is 13.2 Å². The Morgan fingerprint density at radius 2 is 1.74 bits per heavy atom. The predicted molar refractivity (Wildman–Crippen MR) is 128 cm³/mol. The highest BCUT2D eigenvalue weighted by Crippen LogP contribution is 2.42. The number of carbonyl (C=O) groups is 1. The zero-order valence-electron chi connectivity index (χ0n) is 20.2. The summed E-state index contributed by atoms with van der Waals surface area (Å²) in [6, 6.07) is 12.3. The number of hydrogen-bond donors (Lipinski definition) is 2. The zero-order valence-corrected chi connectivity index (χ0v) is 21.0. The number of hydrogen-bond acceptors (Lipinski definition) is 6. The molecule has 0 unspecified atom stereocenters. The Kier molecular flexibility index (Phi) is 6.16. The highest BCUT2D eigenvalue weighted by molar-refractivity contribution is 7.91. The Hall–Kier alpha value is -2.62. The molecular weight excluding hydrogens is 456 g/mol. The minimum atomic E-state index is -3.90. The molecule has 0 spiro atoms. The molecule has 0 aliphatic carbocycles. The smallest absolute Gasteiger partial charge is 0.265 e. The van der Waals surface area contributed by atoms with Crippen molar-refractivity contribution in [1.29, 1.82) is 0 Å². The van der Waals surface area contributed by atoms with Crippen LogP contribution in [0.4, 0.5) is 0 Å². The number of nitrogens with one attached hydrogen (secondary N) is 1. The van der Waals surface area contributed by atoms with Crippen LogP contribution in [0.15, 0.2) is 36.4 Å². The molecule has 1 fully saturated rings. The van der Waals surface area contributed by atoms with Gasteiger partial charge in [-0.2, -0.15) is 0 Å². The molecule has 0 bridgehead atoms. The van der Waals surface area contributed by atoms with Crippen molar-refractivity contribution in [2.75, 3.05) is 13.1 Å². The number of carbonyl (C=O) groups excluding carboxylic acids is 1. The molecule has 2 aliphatic heterocycles. The summed E-state index contributed by atoms with van der Waals surface area (Å²) in [5.74, 6) is 0.0976. The Bertz CT molecular complexity index is 1210. The molecule has 9 heteroatoms. The summed E-state index contributed by atoms with van der Waals surface area (Å²) in [4.78, 5) is 11.9. The summed E-state index contributed by atoms with van der Waals surface area (Å²) in [6.45, 7) is 9.10. The number of amides is 1. The van der Waals surface area contributed by atoms with Crippen molar-refractivity contribution in [2.45, 2.75) is 63.9 Å². The van der Waals surface area contributed by atoms with Gasteiger partial charge in [0.05, 0.1) is 0 Å². The molecule has 0 saturated carbocycles. The molecular formula is C25H32N2O6S. The highest BCUT2D eigenvalue weighted by atomic mass is 32.2. The second-order valence-corrected chi connectivity index (χ2v) is 12.5. The van der Waals surface area contributed by atoms with Gasteiger partial charge in [0.1, 0.15) is 0 Å². The molecule has 0 radical (unpaired) electrons. The van der Waals surface area contributed by atoms with E-state index in [1.165, 1.54) is 29.2 Å². The van der Waals surface area contributed by atoms with Crippen LogP contribution in [-0.4, -0.2) is 47.5 Å². The van der Waals surface area contributed by atoms with Crippen molar-refractivity contribution >= 4 is 15.9 Å². The van der Waals surface area contributed by atoms with Crippen LogP contribution in [-0.2, 0) is 14.8 Å². The van der Waals surface area contributed by atoms with Gasteiger partial charge in [0, 0.05) is 26.9 Å². The third kappa shape index (κ3) is 4.28. The van der Waals surface area contributed by atoms with Gasteiger partial charge in [0.15, 0.2) is 16.2 Å².